The van der Waals surface area contributed by atoms with Crippen molar-refractivity contribution >= 4 is 11.3 Å². The first kappa shape index (κ1) is 16.3. The van der Waals surface area contributed by atoms with E-state index >= 15 is 0 Å². The number of hydrogen-bond donors (Lipinski definition) is 1. The molecular formula is C19H27NS. The van der Waals surface area contributed by atoms with E-state index in [9.17, 15) is 0 Å². The molecule has 21 heavy (non-hydrogen) atoms. The summed E-state index contributed by atoms with van der Waals surface area (Å²) in [4.78, 5) is 0. The largest absolute Gasteiger partial charge is 0.314 e. The summed E-state index contributed by atoms with van der Waals surface area (Å²) in [5, 5.41) is 8.18. The second-order valence-corrected chi connectivity index (χ2v) is 6.74. The Kier molecular flexibility index (Phi) is 6.47. The highest BCUT2D eigenvalue weighted by Gasteiger charge is 2.11. The average Bonchev–Trinajstić information content (AvgIpc) is 2.99. The smallest absolute Gasteiger partial charge is 0.0111 e. The number of nitrogens with one attached hydrogen (secondary N) is 1. The normalized spacial score (nSPS) is 12.5. The molecule has 1 atom stereocenters. The zero-order valence-electron chi connectivity index (χ0n) is 13.5. The number of rotatable bonds is 8. The van der Waals surface area contributed by atoms with Gasteiger partial charge in [0.15, 0.2) is 0 Å². The fourth-order valence-corrected chi connectivity index (χ4v) is 3.39. The van der Waals surface area contributed by atoms with E-state index < -0.39 is 0 Å². The van der Waals surface area contributed by atoms with Gasteiger partial charge in [0.1, 0.15) is 0 Å². The molecule has 1 nitrogen and oxygen atoms in total. The van der Waals surface area contributed by atoms with Gasteiger partial charge in [0.25, 0.3) is 0 Å². The molecular weight excluding hydrogens is 274 g/mol. The Morgan fingerprint density at radius 3 is 2.76 bits per heavy atom. The molecule has 0 fully saturated rings. The Morgan fingerprint density at radius 2 is 2.05 bits per heavy atom. The van der Waals surface area contributed by atoms with Crippen LogP contribution in [0.15, 0.2) is 35.0 Å². The third kappa shape index (κ3) is 5.29. The van der Waals surface area contributed by atoms with E-state index in [1.165, 1.54) is 41.5 Å². The van der Waals surface area contributed by atoms with E-state index in [4.69, 9.17) is 0 Å². The molecule has 0 aliphatic heterocycles. The first-order chi connectivity index (χ1) is 10.2. The van der Waals surface area contributed by atoms with Crippen molar-refractivity contribution in [2.24, 2.45) is 0 Å². The van der Waals surface area contributed by atoms with Crippen molar-refractivity contribution in [3.05, 3.63) is 57.3 Å². The molecule has 1 N–H and O–H groups in total. The molecule has 1 aromatic carbocycles. The standard InChI is InChI=1S/C19H27NS/c1-4-10-20-19(8-7-17-9-11-21-14-17)13-18-12-15(2)5-6-16(18)3/h5-6,9,11-12,14,19-20H,4,7-8,10,13H2,1-3H3. The quantitative estimate of drug-likeness (QED) is 0.730. The van der Waals surface area contributed by atoms with Crippen LogP contribution >= 0.6 is 11.3 Å². The highest BCUT2D eigenvalue weighted by atomic mass is 32.1. The number of benzene rings is 1. The summed E-state index contributed by atoms with van der Waals surface area (Å²) in [7, 11) is 0. The zero-order chi connectivity index (χ0) is 15.1. The van der Waals surface area contributed by atoms with E-state index in [1.54, 1.807) is 11.3 Å². The zero-order valence-corrected chi connectivity index (χ0v) is 14.3. The summed E-state index contributed by atoms with van der Waals surface area (Å²) in [6, 6.07) is 9.63. The molecule has 0 saturated heterocycles. The molecule has 0 spiro atoms. The van der Waals surface area contributed by atoms with Gasteiger partial charge in [-0.1, -0.05) is 30.7 Å². The Morgan fingerprint density at radius 1 is 1.19 bits per heavy atom. The van der Waals surface area contributed by atoms with Crippen molar-refractivity contribution in [3.63, 3.8) is 0 Å². The van der Waals surface area contributed by atoms with E-state index in [0.717, 1.165) is 13.0 Å². The molecule has 0 aliphatic carbocycles. The fourth-order valence-electron chi connectivity index (χ4n) is 2.69. The maximum Gasteiger partial charge on any atom is 0.0111 e. The van der Waals surface area contributed by atoms with Crippen LogP contribution in [0.25, 0.3) is 0 Å². The van der Waals surface area contributed by atoms with Gasteiger partial charge in [0.05, 0.1) is 0 Å². The third-order valence-electron chi connectivity index (χ3n) is 4.02. The maximum atomic E-state index is 3.73. The summed E-state index contributed by atoms with van der Waals surface area (Å²) >= 11 is 1.80. The summed E-state index contributed by atoms with van der Waals surface area (Å²) in [5.74, 6) is 0. The third-order valence-corrected chi connectivity index (χ3v) is 4.75. The van der Waals surface area contributed by atoms with Gasteiger partial charge in [-0.2, -0.15) is 11.3 Å². The number of thiophene rings is 1. The predicted octanol–water partition coefficient (Wildman–Crippen LogP) is 4.91. The van der Waals surface area contributed by atoms with E-state index in [0.29, 0.717) is 6.04 Å². The minimum atomic E-state index is 0.574. The molecule has 0 amide bonds. The van der Waals surface area contributed by atoms with Gasteiger partial charge < -0.3 is 5.32 Å². The van der Waals surface area contributed by atoms with Gasteiger partial charge in [-0.15, -0.1) is 0 Å². The van der Waals surface area contributed by atoms with Crippen LogP contribution in [0.1, 0.15) is 42.0 Å². The van der Waals surface area contributed by atoms with Gasteiger partial charge >= 0.3 is 0 Å². The highest BCUT2D eigenvalue weighted by Crippen LogP contribution is 2.16. The van der Waals surface area contributed by atoms with E-state index in [1.807, 2.05) is 0 Å². The molecule has 0 bridgehead atoms. The van der Waals surface area contributed by atoms with Crippen LogP contribution in [0.2, 0.25) is 0 Å². The molecule has 2 heteroatoms. The molecule has 0 aliphatic rings. The van der Waals surface area contributed by atoms with Gasteiger partial charge in [0, 0.05) is 6.04 Å². The number of aryl methyl sites for hydroxylation is 3. The second-order valence-electron chi connectivity index (χ2n) is 5.96. The lowest BCUT2D eigenvalue weighted by molar-refractivity contribution is 0.477. The Labute approximate surface area is 133 Å². The maximum absolute atomic E-state index is 3.73. The second kappa shape index (κ2) is 8.35. The van der Waals surface area contributed by atoms with E-state index in [-0.39, 0.29) is 0 Å². The van der Waals surface area contributed by atoms with Crippen LogP contribution in [-0.2, 0) is 12.8 Å². The molecule has 1 heterocycles. The van der Waals surface area contributed by atoms with Crippen LogP contribution in [0.5, 0.6) is 0 Å². The number of hydrogen-bond acceptors (Lipinski definition) is 2. The lowest BCUT2D eigenvalue weighted by atomic mass is 9.95. The van der Waals surface area contributed by atoms with Crippen LogP contribution in [0.4, 0.5) is 0 Å². The van der Waals surface area contributed by atoms with Crippen LogP contribution in [-0.4, -0.2) is 12.6 Å². The van der Waals surface area contributed by atoms with Crippen LogP contribution in [0.3, 0.4) is 0 Å². The highest BCUT2D eigenvalue weighted by molar-refractivity contribution is 7.07. The molecule has 0 radical (unpaired) electrons. The summed E-state index contributed by atoms with van der Waals surface area (Å²) < 4.78 is 0. The van der Waals surface area contributed by atoms with Crippen molar-refractivity contribution in [2.75, 3.05) is 6.54 Å². The topological polar surface area (TPSA) is 12.0 Å². The van der Waals surface area contributed by atoms with Crippen LogP contribution in [0, 0.1) is 13.8 Å². The van der Waals surface area contributed by atoms with Crippen molar-refractivity contribution < 1.29 is 0 Å². The Balaban J connectivity index is 1.99. The monoisotopic (exact) mass is 301 g/mol. The SMILES string of the molecule is CCCNC(CCc1ccsc1)Cc1cc(C)ccc1C. The van der Waals surface area contributed by atoms with Gasteiger partial charge in [-0.3, -0.25) is 0 Å². The Bertz CT molecular complexity index is 531. The molecule has 2 aromatic rings. The molecule has 2 rings (SSSR count). The molecule has 1 aromatic heterocycles. The minimum Gasteiger partial charge on any atom is -0.314 e. The average molecular weight is 301 g/mol. The van der Waals surface area contributed by atoms with Crippen molar-refractivity contribution in [1.29, 1.82) is 0 Å². The summed E-state index contributed by atoms with van der Waals surface area (Å²) in [6.07, 6.45) is 4.72. The van der Waals surface area contributed by atoms with Gasteiger partial charge in [0.2, 0.25) is 0 Å². The van der Waals surface area contributed by atoms with Crippen molar-refractivity contribution in [1.82, 2.24) is 5.32 Å². The summed E-state index contributed by atoms with van der Waals surface area (Å²) in [6.45, 7) is 7.76. The molecule has 0 saturated carbocycles. The first-order valence-electron chi connectivity index (χ1n) is 7.99. The first-order valence-corrected chi connectivity index (χ1v) is 8.94. The van der Waals surface area contributed by atoms with E-state index in [2.05, 4.69) is 61.1 Å². The lowest BCUT2D eigenvalue weighted by Crippen LogP contribution is -2.32. The predicted molar refractivity (Wildman–Crippen MR) is 94.3 cm³/mol. The minimum absolute atomic E-state index is 0.574. The van der Waals surface area contributed by atoms with Crippen molar-refractivity contribution in [3.8, 4) is 0 Å². The summed E-state index contributed by atoms with van der Waals surface area (Å²) in [5.41, 5.74) is 5.75. The van der Waals surface area contributed by atoms with Gasteiger partial charge in [-0.05, 0) is 79.6 Å². The molecule has 1 unspecified atom stereocenters. The van der Waals surface area contributed by atoms with Crippen molar-refractivity contribution in [2.45, 2.75) is 52.5 Å². The molecule has 114 valence electrons. The van der Waals surface area contributed by atoms with Gasteiger partial charge in [-0.25, -0.2) is 0 Å². The van der Waals surface area contributed by atoms with Crippen LogP contribution < -0.4 is 5.32 Å². The lowest BCUT2D eigenvalue weighted by Gasteiger charge is -2.20. The fraction of sp³-hybridized carbons (Fsp3) is 0.474. The Hall–Kier alpha value is -1.12.